The quantitative estimate of drug-likeness (QED) is 0.747. The van der Waals surface area contributed by atoms with Gasteiger partial charge >= 0.3 is 0 Å². The highest BCUT2D eigenvalue weighted by molar-refractivity contribution is 5.80. The highest BCUT2D eigenvalue weighted by Crippen LogP contribution is 2.33. The van der Waals surface area contributed by atoms with E-state index in [-0.39, 0.29) is 12.1 Å². The molecule has 0 aromatic heterocycles. The normalized spacial score (nSPS) is 26.7. The number of nitrogens with zero attached hydrogens (tertiary/aromatic N) is 1. The summed E-state index contributed by atoms with van der Waals surface area (Å²) in [6, 6.07) is 0. The van der Waals surface area contributed by atoms with Gasteiger partial charge in [-0.3, -0.25) is 10.1 Å². The maximum atomic E-state index is 11.6. The maximum Gasteiger partial charge on any atom is 0.237 e. The number of carbonyl (C=O) groups excluding carboxylic acids is 1. The fourth-order valence-electron chi connectivity index (χ4n) is 2.37. The Labute approximate surface area is 92.2 Å². The Kier molecular flexibility index (Phi) is 3.29. The summed E-state index contributed by atoms with van der Waals surface area (Å²) in [6.07, 6.45) is 5.60. The maximum absolute atomic E-state index is 11.6. The molecule has 1 unspecified atom stereocenters. The number of hydrogen-bond acceptors (Lipinski definition) is 2. The molecule has 1 aliphatic heterocycles. The average Bonchev–Trinajstić information content (AvgIpc) is 2.92. The molecule has 1 amide bonds. The van der Waals surface area contributed by atoms with E-state index in [1.54, 1.807) is 0 Å². The smallest absolute Gasteiger partial charge is 0.237 e. The summed E-state index contributed by atoms with van der Waals surface area (Å²) in [5, 5.41) is 3.29. The average molecular weight is 210 g/mol. The van der Waals surface area contributed by atoms with E-state index >= 15 is 0 Å². The number of rotatable bonds is 5. The number of hydrogen-bond donors (Lipinski definition) is 1. The molecule has 2 fully saturated rings. The SMILES string of the molecule is CC(C)C1NCC(=O)N1CCCC1CC1. The van der Waals surface area contributed by atoms with Gasteiger partial charge in [-0.2, -0.15) is 0 Å². The monoisotopic (exact) mass is 210 g/mol. The van der Waals surface area contributed by atoms with Gasteiger partial charge in [-0.05, 0) is 24.7 Å². The van der Waals surface area contributed by atoms with Gasteiger partial charge in [0.1, 0.15) is 0 Å². The van der Waals surface area contributed by atoms with Crippen molar-refractivity contribution in [3.63, 3.8) is 0 Å². The third kappa shape index (κ3) is 2.71. The minimum Gasteiger partial charge on any atom is -0.326 e. The molecular weight excluding hydrogens is 188 g/mol. The third-order valence-corrected chi connectivity index (χ3v) is 3.46. The summed E-state index contributed by atoms with van der Waals surface area (Å²) in [6.45, 7) is 5.83. The number of nitrogens with one attached hydrogen (secondary N) is 1. The fraction of sp³-hybridized carbons (Fsp3) is 0.917. The molecule has 0 aromatic carbocycles. The van der Waals surface area contributed by atoms with Gasteiger partial charge in [-0.1, -0.05) is 26.7 Å². The molecule has 1 atom stereocenters. The Hall–Kier alpha value is -0.570. The van der Waals surface area contributed by atoms with Crippen LogP contribution in [0.25, 0.3) is 0 Å². The van der Waals surface area contributed by atoms with Crippen molar-refractivity contribution in [3.8, 4) is 0 Å². The molecule has 0 radical (unpaired) electrons. The first-order valence-electron chi connectivity index (χ1n) is 6.21. The van der Waals surface area contributed by atoms with E-state index in [4.69, 9.17) is 0 Å². The van der Waals surface area contributed by atoms with Gasteiger partial charge in [-0.15, -0.1) is 0 Å². The van der Waals surface area contributed by atoms with Crippen molar-refractivity contribution in [1.29, 1.82) is 0 Å². The van der Waals surface area contributed by atoms with Gasteiger partial charge < -0.3 is 4.90 Å². The molecular formula is C12H22N2O. The largest absolute Gasteiger partial charge is 0.326 e. The summed E-state index contributed by atoms with van der Waals surface area (Å²) in [7, 11) is 0. The summed E-state index contributed by atoms with van der Waals surface area (Å²) in [5.41, 5.74) is 0. The molecule has 2 aliphatic rings. The molecule has 0 spiro atoms. The van der Waals surface area contributed by atoms with Crippen molar-refractivity contribution >= 4 is 5.91 Å². The second-order valence-corrected chi connectivity index (χ2v) is 5.24. The second-order valence-electron chi connectivity index (χ2n) is 5.24. The topological polar surface area (TPSA) is 32.3 Å². The first-order chi connectivity index (χ1) is 7.18. The molecule has 0 aromatic rings. The fourth-order valence-corrected chi connectivity index (χ4v) is 2.37. The van der Waals surface area contributed by atoms with Gasteiger partial charge in [0.05, 0.1) is 12.7 Å². The zero-order valence-electron chi connectivity index (χ0n) is 9.83. The predicted octanol–water partition coefficient (Wildman–Crippen LogP) is 1.59. The van der Waals surface area contributed by atoms with Crippen LogP contribution in [0.2, 0.25) is 0 Å². The highest BCUT2D eigenvalue weighted by atomic mass is 16.2. The Bertz CT molecular complexity index is 236. The molecule has 2 rings (SSSR count). The lowest BCUT2D eigenvalue weighted by Crippen LogP contribution is -2.41. The molecule has 86 valence electrons. The molecule has 1 saturated heterocycles. The lowest BCUT2D eigenvalue weighted by Gasteiger charge is -2.27. The van der Waals surface area contributed by atoms with E-state index in [1.807, 2.05) is 4.90 Å². The van der Waals surface area contributed by atoms with Gasteiger partial charge in [-0.25, -0.2) is 0 Å². The molecule has 3 nitrogen and oxygen atoms in total. The van der Waals surface area contributed by atoms with E-state index in [0.29, 0.717) is 12.5 Å². The molecule has 0 bridgehead atoms. The van der Waals surface area contributed by atoms with Gasteiger partial charge in [0.15, 0.2) is 0 Å². The van der Waals surface area contributed by atoms with Crippen molar-refractivity contribution in [1.82, 2.24) is 10.2 Å². The van der Waals surface area contributed by atoms with Crippen LogP contribution in [0.3, 0.4) is 0 Å². The van der Waals surface area contributed by atoms with E-state index < -0.39 is 0 Å². The molecule has 3 heteroatoms. The van der Waals surface area contributed by atoms with Crippen LogP contribution in [0.1, 0.15) is 39.5 Å². The Morgan fingerprint density at radius 3 is 2.80 bits per heavy atom. The van der Waals surface area contributed by atoms with Crippen LogP contribution in [0.4, 0.5) is 0 Å². The molecule has 1 aliphatic carbocycles. The predicted molar refractivity (Wildman–Crippen MR) is 60.3 cm³/mol. The summed E-state index contributed by atoms with van der Waals surface area (Å²) in [4.78, 5) is 13.7. The Balaban J connectivity index is 1.78. The van der Waals surface area contributed by atoms with Crippen molar-refractivity contribution in [2.45, 2.75) is 45.7 Å². The molecule has 1 N–H and O–H groups in total. The van der Waals surface area contributed by atoms with Gasteiger partial charge in [0.2, 0.25) is 5.91 Å². The zero-order chi connectivity index (χ0) is 10.8. The van der Waals surface area contributed by atoms with E-state index in [1.165, 1.54) is 25.7 Å². The lowest BCUT2D eigenvalue weighted by atomic mass is 10.1. The van der Waals surface area contributed by atoms with Crippen molar-refractivity contribution in [2.24, 2.45) is 11.8 Å². The summed E-state index contributed by atoms with van der Waals surface area (Å²) < 4.78 is 0. The van der Waals surface area contributed by atoms with Crippen LogP contribution in [0.15, 0.2) is 0 Å². The van der Waals surface area contributed by atoms with Gasteiger partial charge in [0.25, 0.3) is 0 Å². The molecule has 15 heavy (non-hydrogen) atoms. The first kappa shape index (κ1) is 10.9. The van der Waals surface area contributed by atoms with Crippen LogP contribution in [-0.4, -0.2) is 30.1 Å². The highest BCUT2D eigenvalue weighted by Gasteiger charge is 2.32. The van der Waals surface area contributed by atoms with Crippen LogP contribution >= 0.6 is 0 Å². The molecule has 1 heterocycles. The zero-order valence-corrected chi connectivity index (χ0v) is 9.83. The minimum absolute atomic E-state index is 0.275. The number of amides is 1. The van der Waals surface area contributed by atoms with E-state index in [2.05, 4.69) is 19.2 Å². The summed E-state index contributed by atoms with van der Waals surface area (Å²) >= 11 is 0. The third-order valence-electron chi connectivity index (χ3n) is 3.46. The number of carbonyl (C=O) groups is 1. The molecule has 1 saturated carbocycles. The summed E-state index contributed by atoms with van der Waals surface area (Å²) in [5.74, 6) is 1.77. The first-order valence-corrected chi connectivity index (χ1v) is 6.21. The van der Waals surface area contributed by atoms with Crippen molar-refractivity contribution < 1.29 is 4.79 Å². The lowest BCUT2D eigenvalue weighted by molar-refractivity contribution is -0.128. The van der Waals surface area contributed by atoms with E-state index in [9.17, 15) is 4.79 Å². The standard InChI is InChI=1S/C12H22N2O/c1-9(2)12-13-8-11(15)14(12)7-3-4-10-5-6-10/h9-10,12-13H,3-8H2,1-2H3. The van der Waals surface area contributed by atoms with Crippen LogP contribution in [0.5, 0.6) is 0 Å². The van der Waals surface area contributed by atoms with Crippen molar-refractivity contribution in [2.75, 3.05) is 13.1 Å². The Morgan fingerprint density at radius 2 is 2.20 bits per heavy atom. The van der Waals surface area contributed by atoms with Crippen LogP contribution < -0.4 is 5.32 Å². The van der Waals surface area contributed by atoms with Crippen LogP contribution in [-0.2, 0) is 4.79 Å². The van der Waals surface area contributed by atoms with Crippen molar-refractivity contribution in [3.05, 3.63) is 0 Å². The minimum atomic E-state index is 0.275. The van der Waals surface area contributed by atoms with Crippen LogP contribution in [0, 0.1) is 11.8 Å². The Morgan fingerprint density at radius 1 is 1.47 bits per heavy atom. The van der Waals surface area contributed by atoms with E-state index in [0.717, 1.165) is 12.5 Å². The van der Waals surface area contributed by atoms with Gasteiger partial charge in [0, 0.05) is 6.54 Å². The second kappa shape index (κ2) is 4.52.